The molecule has 1 atom stereocenters. The number of piperazine rings is 1. The van der Waals surface area contributed by atoms with Crippen LogP contribution in [0.25, 0.3) is 0 Å². The highest BCUT2D eigenvalue weighted by atomic mass is 16.5. The van der Waals surface area contributed by atoms with E-state index in [0.717, 1.165) is 50.3 Å². The molecule has 1 fully saturated rings. The summed E-state index contributed by atoms with van der Waals surface area (Å²) in [6.07, 6.45) is 1.03. The Hall–Kier alpha value is -1.59. The van der Waals surface area contributed by atoms with Gasteiger partial charge < -0.3 is 15.4 Å². The van der Waals surface area contributed by atoms with Crippen molar-refractivity contribution < 1.29 is 9.53 Å². The highest BCUT2D eigenvalue weighted by Gasteiger charge is 2.29. The minimum Gasteiger partial charge on any atom is -0.399 e. The van der Waals surface area contributed by atoms with Crippen molar-refractivity contribution in [3.63, 3.8) is 0 Å². The minimum absolute atomic E-state index is 0.0923. The summed E-state index contributed by atoms with van der Waals surface area (Å²) in [7, 11) is 1.73. The van der Waals surface area contributed by atoms with Crippen LogP contribution in [0.5, 0.6) is 0 Å². The third-order valence-corrected chi connectivity index (χ3v) is 4.44. The summed E-state index contributed by atoms with van der Waals surface area (Å²) in [6, 6.07) is 5.93. The summed E-state index contributed by atoms with van der Waals surface area (Å²) >= 11 is 0. The van der Waals surface area contributed by atoms with Crippen molar-refractivity contribution in [1.29, 1.82) is 0 Å². The fourth-order valence-corrected chi connectivity index (χ4v) is 3.01. The predicted molar refractivity (Wildman–Crippen MR) is 89.0 cm³/mol. The Morgan fingerprint density at radius 3 is 2.86 bits per heavy atom. The van der Waals surface area contributed by atoms with Crippen molar-refractivity contribution in [2.24, 2.45) is 0 Å². The van der Waals surface area contributed by atoms with E-state index >= 15 is 0 Å². The number of hydrogen-bond donors (Lipinski definition) is 1. The number of nitrogens with zero attached hydrogens (tertiary/aromatic N) is 2. The third-order valence-electron chi connectivity index (χ3n) is 4.44. The lowest BCUT2D eigenvalue weighted by Gasteiger charge is -2.41. The molecule has 1 amide bonds. The molecule has 1 aliphatic heterocycles. The van der Waals surface area contributed by atoms with E-state index in [4.69, 9.17) is 10.5 Å². The van der Waals surface area contributed by atoms with Crippen LogP contribution in [0.1, 0.15) is 29.3 Å². The van der Waals surface area contributed by atoms with Gasteiger partial charge in [-0.1, -0.05) is 13.0 Å². The monoisotopic (exact) mass is 305 g/mol. The lowest BCUT2D eigenvalue weighted by molar-refractivity contribution is 0.0384. The Morgan fingerprint density at radius 1 is 1.41 bits per heavy atom. The molecule has 1 aromatic carbocycles. The quantitative estimate of drug-likeness (QED) is 0.842. The zero-order chi connectivity index (χ0) is 16.1. The molecule has 22 heavy (non-hydrogen) atoms. The van der Waals surface area contributed by atoms with Crippen molar-refractivity contribution in [2.75, 3.05) is 45.6 Å². The van der Waals surface area contributed by atoms with Gasteiger partial charge in [0.15, 0.2) is 0 Å². The molecule has 1 aromatic rings. The molecule has 1 heterocycles. The summed E-state index contributed by atoms with van der Waals surface area (Å²) in [6.45, 7) is 8.21. The fourth-order valence-electron chi connectivity index (χ4n) is 3.01. The molecular weight excluding hydrogens is 278 g/mol. The van der Waals surface area contributed by atoms with Gasteiger partial charge in [0.05, 0.1) is 6.61 Å². The Morgan fingerprint density at radius 2 is 2.18 bits per heavy atom. The van der Waals surface area contributed by atoms with Gasteiger partial charge in [-0.05, 0) is 31.0 Å². The second-order valence-electron chi connectivity index (χ2n) is 5.92. The van der Waals surface area contributed by atoms with E-state index in [1.54, 1.807) is 13.2 Å². The van der Waals surface area contributed by atoms with Gasteiger partial charge in [-0.25, -0.2) is 0 Å². The summed E-state index contributed by atoms with van der Waals surface area (Å²) in [4.78, 5) is 17.2. The number of carbonyl (C=O) groups excluding carboxylic acids is 1. The number of anilines is 1. The number of rotatable bonds is 5. The zero-order valence-corrected chi connectivity index (χ0v) is 13.8. The molecule has 122 valence electrons. The zero-order valence-electron chi connectivity index (χ0n) is 13.8. The number of carbonyl (C=O) groups is 1. The van der Waals surface area contributed by atoms with Crippen molar-refractivity contribution >= 4 is 11.6 Å². The SMILES string of the molecule is CCC1CN(C(=O)c2cc(N)ccc2C)CCN1CCOC. The first-order valence-corrected chi connectivity index (χ1v) is 7.95. The number of nitrogen functional groups attached to an aromatic ring is 1. The van der Waals surface area contributed by atoms with Crippen LogP contribution in [0.2, 0.25) is 0 Å². The lowest BCUT2D eigenvalue weighted by Crippen LogP contribution is -2.55. The number of hydrogen-bond acceptors (Lipinski definition) is 4. The first-order valence-electron chi connectivity index (χ1n) is 7.95. The van der Waals surface area contributed by atoms with Crippen LogP contribution in [0.4, 0.5) is 5.69 Å². The molecule has 0 aliphatic carbocycles. The van der Waals surface area contributed by atoms with Crippen LogP contribution < -0.4 is 5.73 Å². The van der Waals surface area contributed by atoms with Crippen LogP contribution in [0.15, 0.2) is 18.2 Å². The van der Waals surface area contributed by atoms with Gasteiger partial charge in [0.1, 0.15) is 0 Å². The molecule has 5 heteroatoms. The highest BCUT2D eigenvalue weighted by Crippen LogP contribution is 2.19. The summed E-state index contributed by atoms with van der Waals surface area (Å²) in [5.41, 5.74) is 8.17. The molecule has 5 nitrogen and oxygen atoms in total. The van der Waals surface area contributed by atoms with Gasteiger partial charge >= 0.3 is 0 Å². The van der Waals surface area contributed by atoms with E-state index < -0.39 is 0 Å². The van der Waals surface area contributed by atoms with Crippen LogP contribution in [-0.2, 0) is 4.74 Å². The number of methoxy groups -OCH3 is 1. The molecule has 1 unspecified atom stereocenters. The average Bonchev–Trinajstić information content (AvgIpc) is 2.54. The fraction of sp³-hybridized carbons (Fsp3) is 0.588. The number of aryl methyl sites for hydroxylation is 1. The summed E-state index contributed by atoms with van der Waals surface area (Å²) in [5.74, 6) is 0.0923. The standard InChI is InChI=1S/C17H27N3O2/c1-4-15-12-20(8-7-19(15)9-10-22-3)17(21)16-11-14(18)6-5-13(16)2/h5-6,11,15H,4,7-10,12,18H2,1-3H3. The Kier molecular flexibility index (Phi) is 5.80. The first-order chi connectivity index (χ1) is 10.6. The summed E-state index contributed by atoms with van der Waals surface area (Å²) in [5, 5.41) is 0. The van der Waals surface area contributed by atoms with Crippen molar-refractivity contribution in [3.8, 4) is 0 Å². The van der Waals surface area contributed by atoms with E-state index in [1.165, 1.54) is 0 Å². The third kappa shape index (κ3) is 3.78. The number of benzene rings is 1. The number of amides is 1. The van der Waals surface area contributed by atoms with Crippen LogP contribution >= 0.6 is 0 Å². The Labute approximate surface area is 133 Å². The Bertz CT molecular complexity index is 519. The van der Waals surface area contributed by atoms with Crippen molar-refractivity contribution in [1.82, 2.24) is 9.80 Å². The normalized spacial score (nSPS) is 19.4. The maximum absolute atomic E-state index is 12.8. The van der Waals surface area contributed by atoms with Gasteiger partial charge in [-0.3, -0.25) is 9.69 Å². The molecule has 1 aliphatic rings. The average molecular weight is 305 g/mol. The van der Waals surface area contributed by atoms with E-state index in [-0.39, 0.29) is 5.91 Å². The smallest absolute Gasteiger partial charge is 0.254 e. The van der Waals surface area contributed by atoms with Crippen molar-refractivity contribution in [2.45, 2.75) is 26.3 Å². The van der Waals surface area contributed by atoms with E-state index in [2.05, 4.69) is 11.8 Å². The van der Waals surface area contributed by atoms with Gasteiger partial charge in [0.25, 0.3) is 5.91 Å². The lowest BCUT2D eigenvalue weighted by atomic mass is 10.0. The second-order valence-corrected chi connectivity index (χ2v) is 5.92. The molecule has 0 bridgehead atoms. The molecule has 0 aromatic heterocycles. The van der Waals surface area contributed by atoms with Gasteiger partial charge in [0.2, 0.25) is 0 Å². The first kappa shape index (κ1) is 16.8. The largest absolute Gasteiger partial charge is 0.399 e. The predicted octanol–water partition coefficient (Wildman–Crippen LogP) is 1.76. The number of nitrogens with two attached hydrogens (primary N) is 1. The van der Waals surface area contributed by atoms with Crippen LogP contribution in [0.3, 0.4) is 0 Å². The second kappa shape index (κ2) is 7.61. The molecule has 0 radical (unpaired) electrons. The minimum atomic E-state index is 0.0923. The highest BCUT2D eigenvalue weighted by molar-refractivity contribution is 5.96. The maximum Gasteiger partial charge on any atom is 0.254 e. The van der Waals surface area contributed by atoms with E-state index in [9.17, 15) is 4.79 Å². The van der Waals surface area contributed by atoms with E-state index in [0.29, 0.717) is 11.7 Å². The maximum atomic E-state index is 12.8. The van der Waals surface area contributed by atoms with Gasteiger partial charge in [0, 0.05) is 50.6 Å². The van der Waals surface area contributed by atoms with E-state index in [1.807, 2.05) is 24.0 Å². The van der Waals surface area contributed by atoms with Gasteiger partial charge in [-0.15, -0.1) is 0 Å². The van der Waals surface area contributed by atoms with Crippen LogP contribution in [-0.4, -0.2) is 61.6 Å². The topological polar surface area (TPSA) is 58.8 Å². The molecule has 0 saturated carbocycles. The molecule has 0 spiro atoms. The molecular formula is C17H27N3O2. The Balaban J connectivity index is 2.07. The van der Waals surface area contributed by atoms with Crippen LogP contribution in [0, 0.1) is 6.92 Å². The molecule has 1 saturated heterocycles. The summed E-state index contributed by atoms with van der Waals surface area (Å²) < 4.78 is 5.17. The van der Waals surface area contributed by atoms with Gasteiger partial charge in [-0.2, -0.15) is 0 Å². The number of ether oxygens (including phenoxy) is 1. The molecule has 2 rings (SSSR count). The molecule has 2 N–H and O–H groups in total. The van der Waals surface area contributed by atoms with Crippen molar-refractivity contribution in [3.05, 3.63) is 29.3 Å².